The molecular weight excluding hydrogens is 186 g/mol. The van der Waals surface area contributed by atoms with Crippen molar-refractivity contribution < 1.29 is 0 Å². The van der Waals surface area contributed by atoms with Crippen molar-refractivity contribution in [3.8, 4) is 6.07 Å². The number of fused-ring (bicyclic) bond motifs is 2. The third-order valence-electron chi connectivity index (χ3n) is 3.88. The van der Waals surface area contributed by atoms with Crippen LogP contribution < -0.4 is 5.32 Å². The highest BCUT2D eigenvalue weighted by Crippen LogP contribution is 2.29. The van der Waals surface area contributed by atoms with Gasteiger partial charge in [0.15, 0.2) is 0 Å². The molecule has 0 radical (unpaired) electrons. The van der Waals surface area contributed by atoms with Gasteiger partial charge in [0.1, 0.15) is 0 Å². The first-order valence-electron chi connectivity index (χ1n) is 6.20. The maximum Gasteiger partial charge on any atom is 0.0635 e. The second-order valence-electron chi connectivity index (χ2n) is 4.80. The van der Waals surface area contributed by atoms with E-state index in [9.17, 15) is 0 Å². The minimum Gasteiger partial charge on any atom is -0.311 e. The lowest BCUT2D eigenvalue weighted by Gasteiger charge is -2.36. The van der Waals surface area contributed by atoms with Crippen LogP contribution in [0.2, 0.25) is 0 Å². The summed E-state index contributed by atoms with van der Waals surface area (Å²) in [5.41, 5.74) is 0. The second-order valence-corrected chi connectivity index (χ2v) is 4.80. The molecule has 1 N–H and O–H groups in total. The fourth-order valence-corrected chi connectivity index (χ4v) is 3.12. The monoisotopic (exact) mass is 207 g/mol. The molecule has 0 aromatic heterocycles. The minimum atomic E-state index is 0.674. The molecule has 2 saturated heterocycles. The fraction of sp³-hybridized carbons (Fsp3) is 0.917. The van der Waals surface area contributed by atoms with Crippen LogP contribution in [0.15, 0.2) is 0 Å². The Morgan fingerprint density at radius 3 is 2.53 bits per heavy atom. The van der Waals surface area contributed by atoms with Crippen molar-refractivity contribution in [2.24, 2.45) is 0 Å². The third-order valence-corrected chi connectivity index (χ3v) is 3.88. The van der Waals surface area contributed by atoms with Crippen LogP contribution in [-0.2, 0) is 0 Å². The Labute approximate surface area is 92.4 Å². The van der Waals surface area contributed by atoms with E-state index in [1.807, 2.05) is 0 Å². The molecule has 3 nitrogen and oxygen atoms in total. The number of hydrogen-bond acceptors (Lipinski definition) is 3. The van der Waals surface area contributed by atoms with Gasteiger partial charge in [0.05, 0.1) is 6.07 Å². The van der Waals surface area contributed by atoms with Gasteiger partial charge in [0.25, 0.3) is 0 Å². The number of nitrogens with zero attached hydrogens (tertiary/aromatic N) is 2. The molecule has 0 aromatic carbocycles. The van der Waals surface area contributed by atoms with Crippen LogP contribution in [0.25, 0.3) is 0 Å². The Morgan fingerprint density at radius 2 is 2.00 bits per heavy atom. The Kier molecular flexibility index (Phi) is 3.61. The Morgan fingerprint density at radius 1 is 1.33 bits per heavy atom. The van der Waals surface area contributed by atoms with Gasteiger partial charge < -0.3 is 5.32 Å². The van der Waals surface area contributed by atoms with Crippen LogP contribution >= 0.6 is 0 Å². The predicted octanol–water partition coefficient (Wildman–Crippen LogP) is 1.50. The molecule has 15 heavy (non-hydrogen) atoms. The smallest absolute Gasteiger partial charge is 0.0635 e. The van der Waals surface area contributed by atoms with Crippen molar-refractivity contribution in [3.63, 3.8) is 0 Å². The molecule has 2 unspecified atom stereocenters. The Bertz CT molecular complexity index is 234. The lowest BCUT2D eigenvalue weighted by Crippen LogP contribution is -2.48. The van der Waals surface area contributed by atoms with E-state index in [1.165, 1.54) is 25.7 Å². The molecule has 0 aromatic rings. The fourth-order valence-electron chi connectivity index (χ4n) is 3.12. The lowest BCUT2D eigenvalue weighted by molar-refractivity contribution is 0.151. The van der Waals surface area contributed by atoms with Crippen molar-refractivity contribution in [1.29, 1.82) is 5.26 Å². The summed E-state index contributed by atoms with van der Waals surface area (Å²) in [5.74, 6) is 0. The molecule has 2 rings (SSSR count). The summed E-state index contributed by atoms with van der Waals surface area (Å²) in [6.45, 7) is 4.25. The average molecular weight is 207 g/mol. The van der Waals surface area contributed by atoms with Crippen molar-refractivity contribution >= 4 is 0 Å². The van der Waals surface area contributed by atoms with Crippen LogP contribution in [0.4, 0.5) is 0 Å². The molecule has 2 atom stereocenters. The van der Waals surface area contributed by atoms with Crippen molar-refractivity contribution in [2.75, 3.05) is 13.1 Å². The van der Waals surface area contributed by atoms with Crippen LogP contribution in [0.1, 0.15) is 39.0 Å². The van der Waals surface area contributed by atoms with Gasteiger partial charge in [-0.05, 0) is 32.2 Å². The van der Waals surface area contributed by atoms with E-state index < -0.39 is 0 Å². The summed E-state index contributed by atoms with van der Waals surface area (Å²) in [4.78, 5) is 2.50. The number of nitriles is 1. The van der Waals surface area contributed by atoms with Gasteiger partial charge in [-0.3, -0.25) is 4.90 Å². The molecule has 84 valence electrons. The highest BCUT2D eigenvalue weighted by atomic mass is 15.2. The van der Waals surface area contributed by atoms with Gasteiger partial charge in [-0.2, -0.15) is 5.26 Å². The molecule has 0 amide bonds. The quantitative estimate of drug-likeness (QED) is 0.759. The first kappa shape index (κ1) is 10.9. The van der Waals surface area contributed by atoms with Gasteiger partial charge >= 0.3 is 0 Å². The zero-order chi connectivity index (χ0) is 10.7. The highest BCUT2D eigenvalue weighted by Gasteiger charge is 2.35. The topological polar surface area (TPSA) is 39.1 Å². The molecule has 2 fully saturated rings. The summed E-state index contributed by atoms with van der Waals surface area (Å²) in [5, 5.41) is 12.3. The first-order valence-corrected chi connectivity index (χ1v) is 6.20. The van der Waals surface area contributed by atoms with Gasteiger partial charge in [-0.25, -0.2) is 0 Å². The molecule has 0 saturated carbocycles. The molecular formula is C12H21N3. The van der Waals surface area contributed by atoms with Crippen molar-refractivity contribution in [3.05, 3.63) is 0 Å². The largest absolute Gasteiger partial charge is 0.311 e. The zero-order valence-electron chi connectivity index (χ0n) is 9.58. The minimum absolute atomic E-state index is 0.674. The van der Waals surface area contributed by atoms with E-state index in [1.54, 1.807) is 0 Å². The zero-order valence-corrected chi connectivity index (χ0v) is 9.58. The highest BCUT2D eigenvalue weighted by molar-refractivity contribution is 4.95. The number of piperidine rings is 1. The number of hydrogen-bond donors (Lipinski definition) is 1. The van der Waals surface area contributed by atoms with E-state index in [0.717, 1.165) is 31.2 Å². The molecule has 3 heteroatoms. The van der Waals surface area contributed by atoms with Crippen LogP contribution in [-0.4, -0.2) is 36.1 Å². The van der Waals surface area contributed by atoms with Gasteiger partial charge in [-0.1, -0.05) is 6.92 Å². The van der Waals surface area contributed by atoms with E-state index in [-0.39, 0.29) is 0 Å². The molecule has 2 aliphatic heterocycles. The van der Waals surface area contributed by atoms with Crippen LogP contribution in [0.5, 0.6) is 0 Å². The van der Waals surface area contributed by atoms with Gasteiger partial charge in [0.2, 0.25) is 0 Å². The summed E-state index contributed by atoms with van der Waals surface area (Å²) in [7, 11) is 0. The predicted molar refractivity (Wildman–Crippen MR) is 60.4 cm³/mol. The van der Waals surface area contributed by atoms with Gasteiger partial charge in [0, 0.05) is 31.1 Å². The Balaban J connectivity index is 1.88. The second kappa shape index (κ2) is 4.96. The van der Waals surface area contributed by atoms with Gasteiger partial charge in [-0.15, -0.1) is 0 Å². The maximum atomic E-state index is 8.64. The maximum absolute atomic E-state index is 8.64. The van der Waals surface area contributed by atoms with E-state index >= 15 is 0 Å². The summed E-state index contributed by atoms with van der Waals surface area (Å²) in [6.07, 6.45) is 5.96. The summed E-state index contributed by atoms with van der Waals surface area (Å²) in [6, 6.07) is 4.49. The summed E-state index contributed by atoms with van der Waals surface area (Å²) >= 11 is 0. The molecule has 2 bridgehead atoms. The average Bonchev–Trinajstić information content (AvgIpc) is 2.59. The lowest BCUT2D eigenvalue weighted by atomic mass is 9.98. The normalized spacial score (nSPS) is 34.3. The van der Waals surface area contributed by atoms with Crippen LogP contribution in [0, 0.1) is 11.3 Å². The molecule has 2 aliphatic rings. The SMILES string of the molecule is CCN(CCC#N)C1CC2CCC(C1)N2. The standard InChI is InChI=1S/C12H21N3/c1-2-15(7-3-6-13)12-8-10-4-5-11(9-12)14-10/h10-12,14H,2-5,7-9H2,1H3. The van der Waals surface area contributed by atoms with E-state index in [2.05, 4.69) is 23.2 Å². The molecule has 2 heterocycles. The van der Waals surface area contributed by atoms with Crippen molar-refractivity contribution in [2.45, 2.75) is 57.2 Å². The van der Waals surface area contributed by atoms with E-state index in [4.69, 9.17) is 5.26 Å². The van der Waals surface area contributed by atoms with E-state index in [0.29, 0.717) is 6.42 Å². The first-order chi connectivity index (χ1) is 7.33. The molecule has 0 aliphatic carbocycles. The number of rotatable bonds is 4. The van der Waals surface area contributed by atoms with Crippen LogP contribution in [0.3, 0.4) is 0 Å². The Hall–Kier alpha value is -0.590. The third kappa shape index (κ3) is 2.50. The summed E-state index contributed by atoms with van der Waals surface area (Å²) < 4.78 is 0. The number of nitrogens with one attached hydrogen (secondary N) is 1. The molecule has 0 spiro atoms. The van der Waals surface area contributed by atoms with Crippen molar-refractivity contribution in [1.82, 2.24) is 10.2 Å².